The lowest BCUT2D eigenvalue weighted by molar-refractivity contribution is 0.0868. The third kappa shape index (κ3) is 1.34. The zero-order valence-corrected chi connectivity index (χ0v) is 10.1. The van der Waals surface area contributed by atoms with E-state index in [2.05, 4.69) is 25.1 Å². The molecule has 0 bridgehead atoms. The third-order valence-corrected chi connectivity index (χ3v) is 4.42. The van der Waals surface area contributed by atoms with Gasteiger partial charge in [0, 0.05) is 4.88 Å². The number of hydrogen-bond donors (Lipinski definition) is 1. The highest BCUT2D eigenvalue weighted by Crippen LogP contribution is 2.43. The second-order valence-electron chi connectivity index (χ2n) is 4.50. The predicted molar refractivity (Wildman–Crippen MR) is 66.8 cm³/mol. The van der Waals surface area contributed by atoms with E-state index in [1.54, 1.807) is 11.3 Å². The number of benzene rings is 1. The highest BCUT2D eigenvalue weighted by Gasteiger charge is 2.38. The topological polar surface area (TPSA) is 20.2 Å². The normalized spacial score (nSPS) is 23.4. The summed E-state index contributed by atoms with van der Waals surface area (Å²) < 4.78 is 0. The SMILES string of the molecule is Cc1ccc2c(c1)C(O)(c1cccs1)CC2. The number of fused-ring (bicyclic) bond motifs is 1. The summed E-state index contributed by atoms with van der Waals surface area (Å²) in [7, 11) is 0. The maximum Gasteiger partial charge on any atom is 0.124 e. The quantitative estimate of drug-likeness (QED) is 0.797. The minimum atomic E-state index is -0.741. The van der Waals surface area contributed by atoms with Gasteiger partial charge in [0.2, 0.25) is 0 Å². The fraction of sp³-hybridized carbons (Fsp3) is 0.286. The van der Waals surface area contributed by atoms with Crippen molar-refractivity contribution >= 4 is 11.3 Å². The second-order valence-corrected chi connectivity index (χ2v) is 5.45. The molecule has 1 aromatic carbocycles. The standard InChI is InChI=1S/C14H14OS/c1-10-4-5-11-6-7-14(15,12(11)9-10)13-3-2-8-16-13/h2-5,8-9,15H,6-7H2,1H3. The molecule has 1 unspecified atom stereocenters. The van der Waals surface area contributed by atoms with Crippen LogP contribution in [0.4, 0.5) is 0 Å². The van der Waals surface area contributed by atoms with Gasteiger partial charge >= 0.3 is 0 Å². The van der Waals surface area contributed by atoms with Crippen molar-refractivity contribution in [2.45, 2.75) is 25.4 Å². The molecule has 0 saturated carbocycles. The Balaban J connectivity index is 2.18. The molecule has 2 heteroatoms. The Morgan fingerprint density at radius 2 is 2.19 bits per heavy atom. The van der Waals surface area contributed by atoms with Crippen LogP contribution >= 0.6 is 11.3 Å². The van der Waals surface area contributed by atoms with Crippen LogP contribution in [0.1, 0.15) is 28.0 Å². The first-order valence-corrected chi connectivity index (χ1v) is 6.44. The molecule has 1 nitrogen and oxygen atoms in total. The zero-order chi connectivity index (χ0) is 11.2. The van der Waals surface area contributed by atoms with E-state index >= 15 is 0 Å². The van der Waals surface area contributed by atoms with Crippen molar-refractivity contribution in [3.63, 3.8) is 0 Å². The van der Waals surface area contributed by atoms with Gasteiger partial charge in [-0.3, -0.25) is 0 Å². The molecule has 1 atom stereocenters. The molecular weight excluding hydrogens is 216 g/mol. The van der Waals surface area contributed by atoms with Crippen molar-refractivity contribution in [3.8, 4) is 0 Å². The van der Waals surface area contributed by atoms with Gasteiger partial charge in [-0.15, -0.1) is 11.3 Å². The van der Waals surface area contributed by atoms with Crippen LogP contribution in [0.25, 0.3) is 0 Å². The van der Waals surface area contributed by atoms with Gasteiger partial charge in [-0.05, 0) is 42.3 Å². The lowest BCUT2D eigenvalue weighted by atomic mass is 9.93. The van der Waals surface area contributed by atoms with Gasteiger partial charge in [-0.25, -0.2) is 0 Å². The Kier molecular flexibility index (Phi) is 2.16. The first-order valence-electron chi connectivity index (χ1n) is 5.56. The maximum absolute atomic E-state index is 10.8. The highest BCUT2D eigenvalue weighted by atomic mass is 32.1. The number of thiophene rings is 1. The van der Waals surface area contributed by atoms with Crippen molar-refractivity contribution in [1.29, 1.82) is 0 Å². The van der Waals surface area contributed by atoms with Gasteiger partial charge in [0.1, 0.15) is 5.60 Å². The summed E-state index contributed by atoms with van der Waals surface area (Å²) in [6.07, 6.45) is 1.79. The summed E-state index contributed by atoms with van der Waals surface area (Å²) in [6, 6.07) is 10.4. The molecule has 82 valence electrons. The van der Waals surface area contributed by atoms with E-state index in [9.17, 15) is 5.11 Å². The molecule has 0 spiro atoms. The van der Waals surface area contributed by atoms with Gasteiger partial charge in [0.15, 0.2) is 0 Å². The van der Waals surface area contributed by atoms with E-state index in [4.69, 9.17) is 0 Å². The molecule has 3 rings (SSSR count). The summed E-state index contributed by atoms with van der Waals surface area (Å²) in [5.74, 6) is 0. The van der Waals surface area contributed by atoms with Crippen LogP contribution in [0.2, 0.25) is 0 Å². The zero-order valence-electron chi connectivity index (χ0n) is 9.23. The fourth-order valence-corrected chi connectivity index (χ4v) is 3.38. The molecule has 1 aromatic heterocycles. The van der Waals surface area contributed by atoms with E-state index in [0.717, 1.165) is 23.3 Å². The summed E-state index contributed by atoms with van der Waals surface area (Å²) in [5, 5.41) is 12.9. The average molecular weight is 230 g/mol. The molecule has 1 aliphatic carbocycles. The monoisotopic (exact) mass is 230 g/mol. The molecule has 1 aliphatic rings. The number of aliphatic hydroxyl groups is 1. The Labute approximate surface area is 99.4 Å². The van der Waals surface area contributed by atoms with Gasteiger partial charge in [-0.2, -0.15) is 0 Å². The third-order valence-electron chi connectivity index (χ3n) is 3.40. The molecule has 2 aromatic rings. The van der Waals surface area contributed by atoms with E-state index in [-0.39, 0.29) is 0 Å². The van der Waals surface area contributed by atoms with Crippen molar-refractivity contribution in [3.05, 3.63) is 57.3 Å². The Morgan fingerprint density at radius 1 is 1.31 bits per heavy atom. The van der Waals surface area contributed by atoms with Crippen LogP contribution in [0.3, 0.4) is 0 Å². The van der Waals surface area contributed by atoms with Crippen LogP contribution in [0.5, 0.6) is 0 Å². The van der Waals surface area contributed by atoms with Gasteiger partial charge < -0.3 is 5.11 Å². The number of rotatable bonds is 1. The maximum atomic E-state index is 10.8. The van der Waals surface area contributed by atoms with Crippen LogP contribution in [-0.2, 0) is 12.0 Å². The molecule has 0 aliphatic heterocycles. The molecule has 1 heterocycles. The Bertz CT molecular complexity index is 516. The minimum absolute atomic E-state index is 0.741. The smallest absolute Gasteiger partial charge is 0.124 e. The summed E-state index contributed by atoms with van der Waals surface area (Å²) in [5.41, 5.74) is 2.88. The van der Waals surface area contributed by atoms with Crippen LogP contribution in [-0.4, -0.2) is 5.11 Å². The van der Waals surface area contributed by atoms with E-state index in [1.165, 1.54) is 11.1 Å². The summed E-state index contributed by atoms with van der Waals surface area (Å²) in [4.78, 5) is 1.07. The van der Waals surface area contributed by atoms with E-state index in [0.29, 0.717) is 0 Å². The van der Waals surface area contributed by atoms with Crippen molar-refractivity contribution in [2.75, 3.05) is 0 Å². The first-order chi connectivity index (χ1) is 7.70. The van der Waals surface area contributed by atoms with Gasteiger partial charge in [0.05, 0.1) is 0 Å². The molecule has 16 heavy (non-hydrogen) atoms. The highest BCUT2D eigenvalue weighted by molar-refractivity contribution is 7.10. The Morgan fingerprint density at radius 3 is 2.94 bits per heavy atom. The van der Waals surface area contributed by atoms with Crippen LogP contribution in [0.15, 0.2) is 35.7 Å². The fourth-order valence-electron chi connectivity index (χ4n) is 2.51. The lowest BCUT2D eigenvalue weighted by Gasteiger charge is -2.22. The van der Waals surface area contributed by atoms with Crippen LogP contribution in [0, 0.1) is 6.92 Å². The van der Waals surface area contributed by atoms with Crippen molar-refractivity contribution < 1.29 is 5.11 Å². The molecule has 1 N–H and O–H groups in total. The molecule has 0 radical (unpaired) electrons. The van der Waals surface area contributed by atoms with E-state index < -0.39 is 5.60 Å². The predicted octanol–water partition coefficient (Wildman–Crippen LogP) is 3.24. The van der Waals surface area contributed by atoms with Gasteiger partial charge in [0.25, 0.3) is 0 Å². The molecular formula is C14H14OS. The van der Waals surface area contributed by atoms with Crippen molar-refractivity contribution in [2.24, 2.45) is 0 Å². The second kappa shape index (κ2) is 3.44. The molecule has 0 amide bonds. The number of hydrogen-bond acceptors (Lipinski definition) is 2. The molecule has 0 fully saturated rings. The lowest BCUT2D eigenvalue weighted by Crippen LogP contribution is -2.22. The Hall–Kier alpha value is -1.12. The molecule has 0 saturated heterocycles. The summed E-state index contributed by atoms with van der Waals surface area (Å²) in [6.45, 7) is 2.08. The minimum Gasteiger partial charge on any atom is -0.380 e. The van der Waals surface area contributed by atoms with Crippen LogP contribution < -0.4 is 0 Å². The summed E-state index contributed by atoms with van der Waals surface area (Å²) >= 11 is 1.64. The average Bonchev–Trinajstić information content (AvgIpc) is 2.88. The number of aryl methyl sites for hydroxylation is 2. The largest absolute Gasteiger partial charge is 0.380 e. The first kappa shape index (κ1) is 10.1. The van der Waals surface area contributed by atoms with E-state index in [1.807, 2.05) is 17.5 Å². The van der Waals surface area contributed by atoms with Gasteiger partial charge in [-0.1, -0.05) is 29.8 Å². The van der Waals surface area contributed by atoms with Crippen molar-refractivity contribution in [1.82, 2.24) is 0 Å².